The second-order valence-corrected chi connectivity index (χ2v) is 8.95. The van der Waals surface area contributed by atoms with Gasteiger partial charge in [0.15, 0.2) is 11.5 Å². The number of aryl methyl sites for hydroxylation is 2. The number of carbonyl (C=O) groups is 1. The van der Waals surface area contributed by atoms with E-state index in [0.717, 1.165) is 11.4 Å². The fourth-order valence-electron chi connectivity index (χ4n) is 2.96. The molecule has 0 fully saturated rings. The summed E-state index contributed by atoms with van der Waals surface area (Å²) in [5, 5.41) is 7.25. The molecule has 1 aromatic heterocycles. The summed E-state index contributed by atoms with van der Waals surface area (Å²) >= 11 is 0. The molecule has 30 heavy (non-hydrogen) atoms. The maximum absolute atomic E-state index is 12.4. The number of nitrogens with one attached hydrogen (secondary N) is 2. The van der Waals surface area contributed by atoms with Gasteiger partial charge in [0, 0.05) is 37.8 Å². The first-order valence-electron chi connectivity index (χ1n) is 9.65. The molecule has 0 aliphatic carbocycles. The van der Waals surface area contributed by atoms with Crippen LogP contribution in [-0.2, 0) is 21.4 Å². The van der Waals surface area contributed by atoms with E-state index < -0.39 is 10.0 Å². The van der Waals surface area contributed by atoms with E-state index in [1.807, 2.05) is 31.5 Å². The fourth-order valence-corrected chi connectivity index (χ4v) is 4.01. The summed E-state index contributed by atoms with van der Waals surface area (Å²) in [6, 6.07) is 6.33. The highest BCUT2D eigenvalue weighted by atomic mass is 32.2. The highest BCUT2D eigenvalue weighted by Crippen LogP contribution is 2.29. The first-order chi connectivity index (χ1) is 14.2. The van der Waals surface area contributed by atoms with E-state index in [4.69, 9.17) is 9.47 Å². The van der Waals surface area contributed by atoms with Gasteiger partial charge in [-0.25, -0.2) is 13.1 Å². The van der Waals surface area contributed by atoms with Crippen LogP contribution in [0.2, 0.25) is 0 Å². The summed E-state index contributed by atoms with van der Waals surface area (Å²) in [6.07, 6.45) is 0.0408. The van der Waals surface area contributed by atoms with Crippen LogP contribution in [0.4, 0.5) is 0 Å². The average molecular weight is 439 g/mol. The molecule has 0 saturated carbocycles. The Morgan fingerprint density at radius 3 is 2.47 bits per heavy atom. The van der Waals surface area contributed by atoms with Gasteiger partial charge in [-0.15, -0.1) is 0 Å². The number of carbonyl (C=O) groups excluding carboxylic acids is 1. The minimum absolute atomic E-state index is 0.00560. The lowest BCUT2D eigenvalue weighted by Crippen LogP contribution is -2.33. The molecule has 166 valence electrons. The highest BCUT2D eigenvalue weighted by molar-refractivity contribution is 7.89. The Labute approximate surface area is 177 Å². The van der Waals surface area contributed by atoms with Gasteiger partial charge in [0.05, 0.1) is 24.8 Å². The SMILES string of the molecule is COc1ccc(S(=O)(=O)NCCC(=O)NCC(C)Cn2nc(C)cc2C)cc1OC. The lowest BCUT2D eigenvalue weighted by atomic mass is 10.2. The summed E-state index contributed by atoms with van der Waals surface area (Å²) in [5.41, 5.74) is 2.04. The Morgan fingerprint density at radius 1 is 1.17 bits per heavy atom. The van der Waals surface area contributed by atoms with Crippen LogP contribution in [0.25, 0.3) is 0 Å². The number of rotatable bonds is 11. The van der Waals surface area contributed by atoms with Crippen LogP contribution in [0.15, 0.2) is 29.2 Å². The molecular formula is C20H30N4O5S. The van der Waals surface area contributed by atoms with Gasteiger partial charge < -0.3 is 14.8 Å². The number of nitrogens with zero attached hydrogens (tertiary/aromatic N) is 2. The van der Waals surface area contributed by atoms with Gasteiger partial charge in [-0.3, -0.25) is 9.48 Å². The standard InChI is InChI=1S/C20H30N4O5S/c1-14(13-24-16(3)10-15(2)23-24)12-21-20(25)8-9-22-30(26,27)17-6-7-18(28-4)19(11-17)29-5/h6-7,10-11,14,22H,8-9,12-13H2,1-5H3,(H,21,25). The third-order valence-electron chi connectivity index (χ3n) is 4.55. The number of ether oxygens (including phenoxy) is 2. The number of hydrogen-bond donors (Lipinski definition) is 2. The maximum atomic E-state index is 12.4. The average Bonchev–Trinajstić information content (AvgIpc) is 3.02. The predicted molar refractivity (Wildman–Crippen MR) is 113 cm³/mol. The lowest BCUT2D eigenvalue weighted by molar-refractivity contribution is -0.121. The van der Waals surface area contributed by atoms with E-state index in [9.17, 15) is 13.2 Å². The molecule has 1 amide bonds. The van der Waals surface area contributed by atoms with Gasteiger partial charge in [0.1, 0.15) is 0 Å². The molecule has 0 aliphatic heterocycles. The lowest BCUT2D eigenvalue weighted by Gasteiger charge is -2.14. The first-order valence-corrected chi connectivity index (χ1v) is 11.1. The summed E-state index contributed by atoms with van der Waals surface area (Å²) in [7, 11) is -0.859. The molecule has 2 N–H and O–H groups in total. The van der Waals surface area contributed by atoms with Crippen LogP contribution in [0.3, 0.4) is 0 Å². The second kappa shape index (κ2) is 10.4. The quantitative estimate of drug-likeness (QED) is 0.552. The zero-order valence-corrected chi connectivity index (χ0v) is 18.9. The van der Waals surface area contributed by atoms with Gasteiger partial charge in [-0.05, 0) is 38.0 Å². The number of methoxy groups -OCH3 is 2. The minimum Gasteiger partial charge on any atom is -0.493 e. The first kappa shape index (κ1) is 23.7. The van der Waals surface area contributed by atoms with E-state index in [-0.39, 0.29) is 29.7 Å². The van der Waals surface area contributed by atoms with Crippen molar-refractivity contribution in [1.29, 1.82) is 0 Å². The van der Waals surface area contributed by atoms with Crippen molar-refractivity contribution in [2.75, 3.05) is 27.3 Å². The smallest absolute Gasteiger partial charge is 0.240 e. The normalized spacial score (nSPS) is 12.4. The molecule has 2 aromatic rings. The number of amides is 1. The van der Waals surface area contributed by atoms with E-state index in [2.05, 4.69) is 15.1 Å². The summed E-state index contributed by atoms with van der Waals surface area (Å²) in [4.78, 5) is 12.1. The van der Waals surface area contributed by atoms with E-state index in [1.54, 1.807) is 0 Å². The summed E-state index contributed by atoms with van der Waals surface area (Å²) in [6.45, 7) is 7.14. The van der Waals surface area contributed by atoms with Gasteiger partial charge >= 0.3 is 0 Å². The molecular weight excluding hydrogens is 408 g/mol. The van der Waals surface area contributed by atoms with Gasteiger partial charge in [-0.2, -0.15) is 5.10 Å². The second-order valence-electron chi connectivity index (χ2n) is 7.18. The summed E-state index contributed by atoms with van der Waals surface area (Å²) in [5.74, 6) is 0.723. The molecule has 9 nitrogen and oxygen atoms in total. The molecule has 1 aromatic carbocycles. The number of benzene rings is 1. The van der Waals surface area contributed by atoms with Crippen molar-refractivity contribution in [3.05, 3.63) is 35.7 Å². The number of hydrogen-bond acceptors (Lipinski definition) is 6. The molecule has 0 aliphatic rings. The Hall–Kier alpha value is -2.59. The van der Waals surface area contributed by atoms with Gasteiger partial charge in [0.25, 0.3) is 0 Å². The van der Waals surface area contributed by atoms with Crippen molar-refractivity contribution < 1.29 is 22.7 Å². The van der Waals surface area contributed by atoms with E-state index in [0.29, 0.717) is 24.6 Å². The topological polar surface area (TPSA) is 112 Å². The Bertz CT molecular complexity index is 972. The van der Waals surface area contributed by atoms with Crippen molar-refractivity contribution in [1.82, 2.24) is 19.8 Å². The van der Waals surface area contributed by atoms with Gasteiger partial charge in [-0.1, -0.05) is 6.92 Å². The Kier molecular flexibility index (Phi) is 8.24. The van der Waals surface area contributed by atoms with Crippen molar-refractivity contribution in [3.63, 3.8) is 0 Å². The predicted octanol–water partition coefficient (Wildman–Crippen LogP) is 1.64. The monoisotopic (exact) mass is 438 g/mol. The molecule has 1 unspecified atom stereocenters. The third-order valence-corrected chi connectivity index (χ3v) is 6.00. The van der Waals surface area contributed by atoms with Gasteiger partial charge in [0.2, 0.25) is 15.9 Å². The van der Waals surface area contributed by atoms with Crippen LogP contribution in [0, 0.1) is 19.8 Å². The Morgan fingerprint density at radius 2 is 1.87 bits per heavy atom. The van der Waals surface area contributed by atoms with Crippen molar-refractivity contribution in [2.45, 2.75) is 38.6 Å². The molecule has 2 rings (SSSR count). The molecule has 0 saturated heterocycles. The van der Waals surface area contributed by atoms with Crippen molar-refractivity contribution in [3.8, 4) is 11.5 Å². The van der Waals surface area contributed by atoms with Crippen molar-refractivity contribution >= 4 is 15.9 Å². The van der Waals surface area contributed by atoms with E-state index >= 15 is 0 Å². The zero-order chi connectivity index (χ0) is 22.3. The van der Waals surface area contributed by atoms with E-state index in [1.165, 1.54) is 32.4 Å². The van der Waals surface area contributed by atoms with Crippen LogP contribution in [-0.4, -0.2) is 51.4 Å². The molecule has 0 bridgehead atoms. The Balaban J connectivity index is 1.80. The largest absolute Gasteiger partial charge is 0.493 e. The maximum Gasteiger partial charge on any atom is 0.240 e. The third kappa shape index (κ3) is 6.46. The van der Waals surface area contributed by atoms with Crippen LogP contribution in [0.5, 0.6) is 11.5 Å². The van der Waals surface area contributed by atoms with Crippen LogP contribution < -0.4 is 19.5 Å². The van der Waals surface area contributed by atoms with Crippen LogP contribution in [0.1, 0.15) is 24.7 Å². The molecule has 0 radical (unpaired) electrons. The fraction of sp³-hybridized carbons (Fsp3) is 0.500. The van der Waals surface area contributed by atoms with Crippen LogP contribution >= 0.6 is 0 Å². The number of aromatic nitrogens is 2. The molecule has 1 atom stereocenters. The zero-order valence-electron chi connectivity index (χ0n) is 18.1. The summed E-state index contributed by atoms with van der Waals surface area (Å²) < 4.78 is 39.5. The van der Waals surface area contributed by atoms with Crippen molar-refractivity contribution in [2.24, 2.45) is 5.92 Å². The molecule has 1 heterocycles. The highest BCUT2D eigenvalue weighted by Gasteiger charge is 2.17. The molecule has 0 spiro atoms. The molecule has 10 heteroatoms. The number of sulfonamides is 1. The minimum atomic E-state index is -3.77.